The van der Waals surface area contributed by atoms with Crippen LogP contribution >= 0.6 is 0 Å². The van der Waals surface area contributed by atoms with Crippen LogP contribution in [0.15, 0.2) is 30.3 Å². The van der Waals surface area contributed by atoms with Crippen molar-refractivity contribution in [3.05, 3.63) is 35.9 Å². The van der Waals surface area contributed by atoms with Crippen molar-refractivity contribution in [2.45, 2.75) is 13.0 Å². The van der Waals surface area contributed by atoms with Gasteiger partial charge in [0.15, 0.2) is 0 Å². The summed E-state index contributed by atoms with van der Waals surface area (Å²) in [5.41, 5.74) is 3.23. The summed E-state index contributed by atoms with van der Waals surface area (Å²) >= 11 is 0. The van der Waals surface area contributed by atoms with Crippen LogP contribution in [0, 0.1) is 0 Å². The number of hydrazine groups is 1. The molecule has 1 rings (SSSR count). The maximum Gasteiger partial charge on any atom is 0.331 e. The molecule has 0 aliphatic rings. The second-order valence-corrected chi connectivity index (χ2v) is 3.76. The van der Waals surface area contributed by atoms with E-state index in [2.05, 4.69) is 5.43 Å². The van der Waals surface area contributed by atoms with E-state index in [0.29, 0.717) is 19.8 Å². The standard InChI is InChI=1S/C12H19N3O2/c1-15(12(16)14-13)8-5-9-17-10-11-6-3-2-4-7-11/h2-4,6-7H,5,8-10,13H2,1H3,(H,14,16). The lowest BCUT2D eigenvalue weighted by molar-refractivity contribution is 0.112. The first-order valence-electron chi connectivity index (χ1n) is 5.57. The molecular weight excluding hydrogens is 218 g/mol. The Labute approximate surface area is 102 Å². The smallest absolute Gasteiger partial charge is 0.331 e. The van der Waals surface area contributed by atoms with E-state index in [-0.39, 0.29) is 6.03 Å². The molecule has 0 saturated carbocycles. The second-order valence-electron chi connectivity index (χ2n) is 3.76. The van der Waals surface area contributed by atoms with Gasteiger partial charge in [0.1, 0.15) is 0 Å². The first kappa shape index (κ1) is 13.5. The Morgan fingerprint density at radius 3 is 2.76 bits per heavy atom. The second kappa shape index (κ2) is 7.65. The van der Waals surface area contributed by atoms with Crippen molar-refractivity contribution in [2.24, 2.45) is 5.84 Å². The molecule has 0 aromatic heterocycles. The highest BCUT2D eigenvalue weighted by atomic mass is 16.5. The summed E-state index contributed by atoms with van der Waals surface area (Å²) in [6, 6.07) is 9.70. The maximum atomic E-state index is 11.0. The van der Waals surface area contributed by atoms with Crippen molar-refractivity contribution < 1.29 is 9.53 Å². The number of benzene rings is 1. The van der Waals surface area contributed by atoms with Crippen molar-refractivity contribution in [3.63, 3.8) is 0 Å². The number of nitrogens with two attached hydrogens (primary N) is 1. The fraction of sp³-hybridized carbons (Fsp3) is 0.417. The van der Waals surface area contributed by atoms with Crippen LogP contribution in [0.1, 0.15) is 12.0 Å². The van der Waals surface area contributed by atoms with E-state index in [1.165, 1.54) is 4.90 Å². The number of urea groups is 1. The molecule has 0 spiro atoms. The summed E-state index contributed by atoms with van der Waals surface area (Å²) in [6.07, 6.45) is 0.788. The van der Waals surface area contributed by atoms with Gasteiger partial charge >= 0.3 is 6.03 Å². The summed E-state index contributed by atoms with van der Waals surface area (Å²) < 4.78 is 5.49. The number of nitrogens with one attached hydrogen (secondary N) is 1. The lowest BCUT2D eigenvalue weighted by atomic mass is 10.2. The van der Waals surface area contributed by atoms with Crippen molar-refractivity contribution in [3.8, 4) is 0 Å². The third-order valence-electron chi connectivity index (χ3n) is 2.36. The summed E-state index contributed by atoms with van der Waals surface area (Å²) in [5, 5.41) is 0. The molecule has 2 amide bonds. The highest BCUT2D eigenvalue weighted by Crippen LogP contribution is 2.00. The maximum absolute atomic E-state index is 11.0. The Bertz CT molecular complexity index is 330. The van der Waals surface area contributed by atoms with Crippen molar-refractivity contribution in [2.75, 3.05) is 20.2 Å². The molecule has 0 radical (unpaired) electrons. The van der Waals surface area contributed by atoms with E-state index < -0.39 is 0 Å². The average molecular weight is 237 g/mol. The van der Waals surface area contributed by atoms with Gasteiger partial charge in [0, 0.05) is 20.2 Å². The average Bonchev–Trinajstić information content (AvgIpc) is 2.38. The normalized spacial score (nSPS) is 10.0. The Morgan fingerprint density at radius 1 is 1.41 bits per heavy atom. The molecule has 0 unspecified atom stereocenters. The lowest BCUT2D eigenvalue weighted by Crippen LogP contribution is -2.41. The molecule has 5 nitrogen and oxygen atoms in total. The highest BCUT2D eigenvalue weighted by molar-refractivity contribution is 5.72. The number of nitrogens with zero attached hydrogens (tertiary/aromatic N) is 1. The highest BCUT2D eigenvalue weighted by Gasteiger charge is 2.04. The molecule has 0 aliphatic heterocycles. The number of ether oxygens (including phenoxy) is 1. The van der Waals surface area contributed by atoms with Crippen molar-refractivity contribution in [1.82, 2.24) is 10.3 Å². The molecule has 0 saturated heterocycles. The fourth-order valence-electron chi connectivity index (χ4n) is 1.38. The van der Waals surface area contributed by atoms with Crippen LogP contribution in [-0.2, 0) is 11.3 Å². The Kier molecular flexibility index (Phi) is 6.06. The third kappa shape index (κ3) is 5.33. The van der Waals surface area contributed by atoms with Crippen LogP contribution < -0.4 is 11.3 Å². The molecule has 3 N–H and O–H groups in total. The predicted octanol–water partition coefficient (Wildman–Crippen LogP) is 1.11. The Balaban J connectivity index is 2.07. The Morgan fingerprint density at radius 2 is 2.12 bits per heavy atom. The number of carbonyl (C=O) groups is 1. The van der Waals surface area contributed by atoms with Crippen LogP contribution in [0.5, 0.6) is 0 Å². The lowest BCUT2D eigenvalue weighted by Gasteiger charge is -2.15. The van der Waals surface area contributed by atoms with Crippen molar-refractivity contribution >= 4 is 6.03 Å². The topological polar surface area (TPSA) is 67.6 Å². The van der Waals surface area contributed by atoms with Crippen LogP contribution in [0.25, 0.3) is 0 Å². The van der Waals surface area contributed by atoms with Gasteiger partial charge in [-0.3, -0.25) is 5.43 Å². The number of hydrogen-bond donors (Lipinski definition) is 2. The van der Waals surface area contributed by atoms with Gasteiger partial charge < -0.3 is 9.64 Å². The van der Waals surface area contributed by atoms with Crippen LogP contribution in [0.4, 0.5) is 4.79 Å². The van der Waals surface area contributed by atoms with E-state index in [0.717, 1.165) is 12.0 Å². The van der Waals surface area contributed by atoms with E-state index in [4.69, 9.17) is 10.6 Å². The summed E-state index contributed by atoms with van der Waals surface area (Å²) in [6.45, 7) is 1.85. The van der Waals surface area contributed by atoms with Gasteiger partial charge in [-0.25, -0.2) is 10.6 Å². The number of rotatable bonds is 6. The number of hydrogen-bond acceptors (Lipinski definition) is 3. The van der Waals surface area contributed by atoms with E-state index >= 15 is 0 Å². The van der Waals surface area contributed by atoms with E-state index in [1.807, 2.05) is 30.3 Å². The van der Waals surface area contributed by atoms with Gasteiger partial charge in [0.05, 0.1) is 6.61 Å². The number of carbonyl (C=O) groups excluding carboxylic acids is 1. The first-order chi connectivity index (χ1) is 8.24. The third-order valence-corrected chi connectivity index (χ3v) is 2.36. The van der Waals surface area contributed by atoms with E-state index in [9.17, 15) is 4.79 Å². The molecule has 0 bridgehead atoms. The van der Waals surface area contributed by atoms with Crippen LogP contribution in [-0.4, -0.2) is 31.1 Å². The van der Waals surface area contributed by atoms with Gasteiger partial charge in [0.2, 0.25) is 0 Å². The zero-order valence-corrected chi connectivity index (χ0v) is 10.1. The molecule has 1 aromatic carbocycles. The zero-order valence-electron chi connectivity index (χ0n) is 10.1. The van der Waals surface area contributed by atoms with Gasteiger partial charge in [-0.05, 0) is 12.0 Å². The summed E-state index contributed by atoms with van der Waals surface area (Å²) in [5.74, 6) is 5.01. The SMILES string of the molecule is CN(CCCOCc1ccccc1)C(=O)NN. The molecule has 17 heavy (non-hydrogen) atoms. The molecule has 5 heteroatoms. The first-order valence-corrected chi connectivity index (χ1v) is 5.57. The van der Waals surface area contributed by atoms with Gasteiger partial charge in [0.25, 0.3) is 0 Å². The molecule has 0 fully saturated rings. The molecule has 94 valence electrons. The monoisotopic (exact) mass is 237 g/mol. The van der Waals surface area contributed by atoms with Crippen molar-refractivity contribution in [1.29, 1.82) is 0 Å². The summed E-state index contributed by atoms with van der Waals surface area (Å²) in [7, 11) is 1.69. The van der Waals surface area contributed by atoms with Crippen LogP contribution in [0.3, 0.4) is 0 Å². The van der Waals surface area contributed by atoms with Gasteiger partial charge in [-0.15, -0.1) is 0 Å². The summed E-state index contributed by atoms with van der Waals surface area (Å²) in [4.78, 5) is 12.6. The molecule has 1 aromatic rings. The predicted molar refractivity (Wildman–Crippen MR) is 66.1 cm³/mol. The molecule has 0 atom stereocenters. The minimum absolute atomic E-state index is 0.284. The fourth-order valence-corrected chi connectivity index (χ4v) is 1.38. The quantitative estimate of drug-likeness (QED) is 0.337. The van der Waals surface area contributed by atoms with Gasteiger partial charge in [-0.2, -0.15) is 0 Å². The number of amides is 2. The Hall–Kier alpha value is -1.59. The molecular formula is C12H19N3O2. The van der Waals surface area contributed by atoms with Crippen LogP contribution in [0.2, 0.25) is 0 Å². The minimum Gasteiger partial charge on any atom is -0.377 e. The largest absolute Gasteiger partial charge is 0.377 e. The molecule has 0 heterocycles. The molecule has 0 aliphatic carbocycles. The van der Waals surface area contributed by atoms with E-state index in [1.54, 1.807) is 7.05 Å². The zero-order chi connectivity index (χ0) is 12.5. The minimum atomic E-state index is -0.284. The van der Waals surface area contributed by atoms with Gasteiger partial charge in [-0.1, -0.05) is 30.3 Å².